The minimum absolute atomic E-state index is 0.0985. The highest BCUT2D eigenvalue weighted by molar-refractivity contribution is 4.92. The Labute approximate surface area is 165 Å². The minimum atomic E-state index is -0.0985. The Bertz CT molecular complexity index is 309. The third-order valence-corrected chi connectivity index (χ3v) is 6.74. The number of hydrogen-bond acceptors (Lipinski definition) is 2. The Morgan fingerprint density at radius 2 is 1.19 bits per heavy atom. The Kier molecular flexibility index (Phi) is 13.7. The summed E-state index contributed by atoms with van der Waals surface area (Å²) in [4.78, 5) is 2.40. The lowest BCUT2D eigenvalue weighted by atomic mass is 9.76. The maximum Gasteiger partial charge on any atom is 0.0557 e. The van der Waals surface area contributed by atoms with Gasteiger partial charge >= 0.3 is 0 Å². The van der Waals surface area contributed by atoms with E-state index in [1.807, 2.05) is 0 Å². The fourth-order valence-corrected chi connectivity index (χ4v) is 4.81. The van der Waals surface area contributed by atoms with Gasteiger partial charge in [-0.05, 0) is 39.8 Å². The highest BCUT2D eigenvalue weighted by Crippen LogP contribution is 2.36. The maximum absolute atomic E-state index is 10.6. The zero-order valence-electron chi connectivity index (χ0n) is 18.4. The molecular formula is C24H49NO. The summed E-state index contributed by atoms with van der Waals surface area (Å²) >= 11 is 0. The Morgan fingerprint density at radius 1 is 0.731 bits per heavy atom. The van der Waals surface area contributed by atoms with Crippen molar-refractivity contribution in [3.05, 3.63) is 0 Å². The van der Waals surface area contributed by atoms with Crippen molar-refractivity contribution < 1.29 is 5.11 Å². The number of aliphatic hydroxyl groups excluding tert-OH is 1. The van der Waals surface area contributed by atoms with E-state index in [1.165, 1.54) is 109 Å². The van der Waals surface area contributed by atoms with Crippen LogP contribution in [0.2, 0.25) is 0 Å². The number of unbranched alkanes of at least 4 members (excludes halogenated alkanes) is 11. The zero-order valence-corrected chi connectivity index (χ0v) is 18.4. The van der Waals surface area contributed by atoms with Crippen LogP contribution in [0.15, 0.2) is 0 Å². The largest absolute Gasteiger partial charge is 0.393 e. The molecule has 0 spiro atoms. The maximum atomic E-state index is 10.6. The highest BCUT2D eigenvalue weighted by atomic mass is 16.3. The van der Waals surface area contributed by atoms with E-state index in [9.17, 15) is 5.11 Å². The number of nitrogens with zero attached hydrogens (tertiary/aromatic N) is 1. The standard InChI is InChI=1S/C24H49NO/c1-4-5-6-7-8-9-10-11-12-13-14-16-19-23(26)22-24(25(2)3)20-17-15-18-21-24/h23,26H,4-22H2,1-3H3. The molecule has 0 heterocycles. The second-order valence-corrected chi connectivity index (χ2v) is 9.22. The van der Waals surface area contributed by atoms with Crippen LogP contribution in [0, 0.1) is 0 Å². The van der Waals surface area contributed by atoms with Gasteiger partial charge in [0.15, 0.2) is 0 Å². The average molecular weight is 368 g/mol. The van der Waals surface area contributed by atoms with E-state index >= 15 is 0 Å². The molecule has 1 atom stereocenters. The van der Waals surface area contributed by atoms with Crippen LogP contribution in [-0.4, -0.2) is 35.7 Å². The molecule has 1 aliphatic rings. The molecular weight excluding hydrogens is 318 g/mol. The number of rotatable bonds is 16. The van der Waals surface area contributed by atoms with E-state index in [4.69, 9.17) is 0 Å². The monoisotopic (exact) mass is 367 g/mol. The molecule has 0 aliphatic heterocycles. The summed E-state index contributed by atoms with van der Waals surface area (Å²) in [6.45, 7) is 2.29. The van der Waals surface area contributed by atoms with E-state index in [2.05, 4.69) is 25.9 Å². The van der Waals surface area contributed by atoms with Gasteiger partial charge < -0.3 is 10.0 Å². The minimum Gasteiger partial charge on any atom is -0.393 e. The van der Waals surface area contributed by atoms with E-state index in [0.29, 0.717) is 0 Å². The lowest BCUT2D eigenvalue weighted by Gasteiger charge is -2.44. The van der Waals surface area contributed by atoms with Gasteiger partial charge in [-0.15, -0.1) is 0 Å². The van der Waals surface area contributed by atoms with Gasteiger partial charge in [0.2, 0.25) is 0 Å². The van der Waals surface area contributed by atoms with Gasteiger partial charge in [0, 0.05) is 5.54 Å². The van der Waals surface area contributed by atoms with E-state index in [1.54, 1.807) is 0 Å². The SMILES string of the molecule is CCCCCCCCCCCCCCC(O)CC1(N(C)C)CCCCC1. The normalized spacial score (nSPS) is 18.3. The van der Waals surface area contributed by atoms with Crippen molar-refractivity contribution >= 4 is 0 Å². The van der Waals surface area contributed by atoms with Crippen LogP contribution < -0.4 is 0 Å². The molecule has 1 rings (SSSR count). The Morgan fingerprint density at radius 3 is 1.65 bits per heavy atom. The molecule has 0 bridgehead atoms. The van der Waals surface area contributed by atoms with Crippen LogP contribution in [-0.2, 0) is 0 Å². The van der Waals surface area contributed by atoms with E-state index in [-0.39, 0.29) is 11.6 Å². The molecule has 1 N–H and O–H groups in total. The summed E-state index contributed by atoms with van der Waals surface area (Å²) < 4.78 is 0. The summed E-state index contributed by atoms with van der Waals surface area (Å²) in [5.41, 5.74) is 0.273. The molecule has 1 fully saturated rings. The van der Waals surface area contributed by atoms with Crippen molar-refractivity contribution in [2.24, 2.45) is 0 Å². The Hall–Kier alpha value is -0.0800. The molecule has 0 aromatic rings. The first kappa shape index (κ1) is 24.0. The summed E-state index contributed by atoms with van der Waals surface area (Å²) in [5, 5.41) is 10.6. The van der Waals surface area contributed by atoms with Crippen LogP contribution in [0.3, 0.4) is 0 Å². The van der Waals surface area contributed by atoms with Gasteiger partial charge in [0.05, 0.1) is 6.10 Å². The van der Waals surface area contributed by atoms with Crippen LogP contribution in [0.1, 0.15) is 129 Å². The van der Waals surface area contributed by atoms with Gasteiger partial charge in [-0.1, -0.05) is 103 Å². The summed E-state index contributed by atoms with van der Waals surface area (Å²) in [6.07, 6.45) is 25.2. The first-order valence-corrected chi connectivity index (χ1v) is 12.0. The summed E-state index contributed by atoms with van der Waals surface area (Å²) in [6, 6.07) is 0. The second-order valence-electron chi connectivity index (χ2n) is 9.22. The van der Waals surface area contributed by atoms with E-state index in [0.717, 1.165) is 12.8 Å². The molecule has 0 aromatic carbocycles. The smallest absolute Gasteiger partial charge is 0.0557 e. The molecule has 26 heavy (non-hydrogen) atoms. The molecule has 1 aliphatic carbocycles. The summed E-state index contributed by atoms with van der Waals surface area (Å²) in [7, 11) is 4.42. The lowest BCUT2D eigenvalue weighted by Crippen LogP contribution is -2.48. The second kappa shape index (κ2) is 14.9. The highest BCUT2D eigenvalue weighted by Gasteiger charge is 2.35. The van der Waals surface area contributed by atoms with Gasteiger partial charge in [-0.3, -0.25) is 0 Å². The summed E-state index contributed by atoms with van der Waals surface area (Å²) in [5.74, 6) is 0. The van der Waals surface area contributed by atoms with Crippen molar-refractivity contribution in [1.82, 2.24) is 4.90 Å². The fourth-order valence-electron chi connectivity index (χ4n) is 4.81. The molecule has 0 saturated heterocycles. The molecule has 1 saturated carbocycles. The number of aliphatic hydroxyl groups is 1. The lowest BCUT2D eigenvalue weighted by molar-refractivity contribution is 0.0290. The zero-order chi connectivity index (χ0) is 19.1. The van der Waals surface area contributed by atoms with E-state index < -0.39 is 0 Å². The van der Waals surface area contributed by atoms with Crippen molar-refractivity contribution in [2.75, 3.05) is 14.1 Å². The topological polar surface area (TPSA) is 23.5 Å². The van der Waals surface area contributed by atoms with Gasteiger partial charge in [0.1, 0.15) is 0 Å². The van der Waals surface area contributed by atoms with Gasteiger partial charge in [-0.2, -0.15) is 0 Å². The van der Waals surface area contributed by atoms with Crippen LogP contribution in [0.5, 0.6) is 0 Å². The number of hydrogen-bond donors (Lipinski definition) is 1. The first-order chi connectivity index (χ1) is 12.6. The third kappa shape index (κ3) is 10.3. The molecule has 2 heteroatoms. The molecule has 1 unspecified atom stereocenters. The molecule has 0 amide bonds. The molecule has 2 nitrogen and oxygen atoms in total. The predicted molar refractivity (Wildman–Crippen MR) is 116 cm³/mol. The van der Waals surface area contributed by atoms with Crippen LogP contribution in [0.4, 0.5) is 0 Å². The first-order valence-electron chi connectivity index (χ1n) is 12.0. The van der Waals surface area contributed by atoms with Crippen molar-refractivity contribution in [3.8, 4) is 0 Å². The molecule has 156 valence electrons. The van der Waals surface area contributed by atoms with Crippen molar-refractivity contribution in [1.29, 1.82) is 0 Å². The Balaban J connectivity index is 1.97. The van der Waals surface area contributed by atoms with Crippen molar-refractivity contribution in [3.63, 3.8) is 0 Å². The molecule has 0 radical (unpaired) electrons. The van der Waals surface area contributed by atoms with Crippen LogP contribution in [0.25, 0.3) is 0 Å². The predicted octanol–water partition coefficient (Wildman–Crippen LogP) is 7.09. The fraction of sp³-hybridized carbons (Fsp3) is 1.00. The van der Waals surface area contributed by atoms with Crippen molar-refractivity contribution in [2.45, 2.75) is 141 Å². The van der Waals surface area contributed by atoms with Gasteiger partial charge in [0.25, 0.3) is 0 Å². The van der Waals surface area contributed by atoms with Gasteiger partial charge in [-0.25, -0.2) is 0 Å². The van der Waals surface area contributed by atoms with Crippen LogP contribution >= 0.6 is 0 Å². The molecule has 0 aromatic heterocycles. The third-order valence-electron chi connectivity index (χ3n) is 6.74. The quantitative estimate of drug-likeness (QED) is 0.294. The average Bonchev–Trinajstić information content (AvgIpc) is 2.63.